The van der Waals surface area contributed by atoms with Crippen molar-refractivity contribution in [3.05, 3.63) is 0 Å². The van der Waals surface area contributed by atoms with Crippen molar-refractivity contribution < 1.29 is 9.53 Å². The first-order valence-electron chi connectivity index (χ1n) is 3.45. The summed E-state index contributed by atoms with van der Waals surface area (Å²) in [6, 6.07) is -0.608. The molecule has 2 amide bonds. The summed E-state index contributed by atoms with van der Waals surface area (Å²) in [6.07, 6.45) is 0.677. The number of ether oxygens (including phenoxy) is 1. The fourth-order valence-electron chi connectivity index (χ4n) is 0.801. The smallest absolute Gasteiger partial charge is 0.312 e. The molecular weight excluding hydrogens is 146 g/mol. The van der Waals surface area contributed by atoms with Crippen LogP contribution < -0.4 is 16.8 Å². The van der Waals surface area contributed by atoms with Crippen molar-refractivity contribution in [2.24, 2.45) is 11.5 Å². The molecule has 0 bridgehead atoms. The van der Waals surface area contributed by atoms with Gasteiger partial charge in [0.1, 0.15) is 0 Å². The number of rotatable bonds is 5. The summed E-state index contributed by atoms with van der Waals surface area (Å²) < 4.78 is 4.83. The predicted molar refractivity (Wildman–Crippen MR) is 42.1 cm³/mol. The molecule has 5 nitrogen and oxygen atoms in total. The minimum absolute atomic E-state index is 0.0671. The van der Waals surface area contributed by atoms with Crippen LogP contribution in [0.5, 0.6) is 0 Å². The fourth-order valence-corrected chi connectivity index (χ4v) is 0.801. The van der Waals surface area contributed by atoms with Crippen molar-refractivity contribution in [3.8, 4) is 0 Å². The molecule has 0 aromatic rings. The van der Waals surface area contributed by atoms with E-state index < -0.39 is 6.03 Å². The SMILES string of the molecule is COCC(CCN)NC(N)=O. The summed E-state index contributed by atoms with van der Waals surface area (Å²) in [6.45, 7) is 0.953. The number of nitrogens with two attached hydrogens (primary N) is 2. The molecule has 11 heavy (non-hydrogen) atoms. The normalized spacial score (nSPS) is 12.5. The first kappa shape index (κ1) is 10.2. The van der Waals surface area contributed by atoms with E-state index in [1.807, 2.05) is 0 Å². The molecule has 1 unspecified atom stereocenters. The van der Waals surface area contributed by atoms with Crippen LogP contribution in [0.15, 0.2) is 0 Å². The summed E-state index contributed by atoms with van der Waals surface area (Å²) in [7, 11) is 1.56. The molecule has 0 radical (unpaired) electrons. The van der Waals surface area contributed by atoms with Gasteiger partial charge in [0.2, 0.25) is 0 Å². The summed E-state index contributed by atoms with van der Waals surface area (Å²) in [5.74, 6) is 0. The highest BCUT2D eigenvalue weighted by atomic mass is 16.5. The summed E-state index contributed by atoms with van der Waals surface area (Å²) >= 11 is 0. The number of nitrogens with one attached hydrogen (secondary N) is 1. The van der Waals surface area contributed by atoms with Gasteiger partial charge in [-0.1, -0.05) is 0 Å². The second-order valence-corrected chi connectivity index (χ2v) is 2.24. The number of hydrogen-bond acceptors (Lipinski definition) is 3. The third kappa shape index (κ3) is 5.63. The first-order chi connectivity index (χ1) is 5.20. The van der Waals surface area contributed by atoms with Crippen LogP contribution in [0.4, 0.5) is 4.79 Å². The molecule has 0 saturated heterocycles. The van der Waals surface area contributed by atoms with Gasteiger partial charge in [0.15, 0.2) is 0 Å². The Kier molecular flexibility index (Phi) is 5.50. The van der Waals surface area contributed by atoms with Crippen molar-refractivity contribution in [3.63, 3.8) is 0 Å². The second-order valence-electron chi connectivity index (χ2n) is 2.24. The van der Waals surface area contributed by atoms with E-state index in [2.05, 4.69) is 5.32 Å². The molecule has 0 aromatic carbocycles. The van der Waals surface area contributed by atoms with E-state index >= 15 is 0 Å². The largest absolute Gasteiger partial charge is 0.383 e. The van der Waals surface area contributed by atoms with Crippen LogP contribution in [0, 0.1) is 0 Å². The number of urea groups is 1. The maximum absolute atomic E-state index is 10.4. The lowest BCUT2D eigenvalue weighted by Crippen LogP contribution is -2.42. The molecule has 0 heterocycles. The van der Waals surface area contributed by atoms with Crippen molar-refractivity contribution in [1.82, 2.24) is 5.32 Å². The van der Waals surface area contributed by atoms with Crippen LogP contribution in [0.2, 0.25) is 0 Å². The van der Waals surface area contributed by atoms with Crippen molar-refractivity contribution in [2.75, 3.05) is 20.3 Å². The monoisotopic (exact) mass is 161 g/mol. The van der Waals surface area contributed by atoms with E-state index in [1.165, 1.54) is 0 Å². The van der Waals surface area contributed by atoms with Crippen LogP contribution >= 0.6 is 0 Å². The maximum atomic E-state index is 10.4. The van der Waals surface area contributed by atoms with Gasteiger partial charge in [-0.05, 0) is 13.0 Å². The Labute approximate surface area is 66.1 Å². The third-order valence-corrected chi connectivity index (χ3v) is 1.23. The molecule has 66 valence electrons. The Hall–Kier alpha value is -0.810. The fraction of sp³-hybridized carbons (Fsp3) is 0.833. The number of carbonyl (C=O) groups excluding carboxylic acids is 1. The van der Waals surface area contributed by atoms with Gasteiger partial charge in [-0.3, -0.25) is 0 Å². The maximum Gasteiger partial charge on any atom is 0.312 e. The van der Waals surface area contributed by atoms with Crippen LogP contribution in [0.3, 0.4) is 0 Å². The highest BCUT2D eigenvalue weighted by molar-refractivity contribution is 5.71. The summed E-state index contributed by atoms with van der Waals surface area (Å²) in [4.78, 5) is 10.4. The average Bonchev–Trinajstić information content (AvgIpc) is 1.87. The number of methoxy groups -OCH3 is 1. The predicted octanol–water partition coefficient (Wildman–Crippen LogP) is -0.981. The van der Waals surface area contributed by atoms with Crippen LogP contribution in [-0.2, 0) is 4.74 Å². The van der Waals surface area contributed by atoms with Gasteiger partial charge in [-0.25, -0.2) is 4.79 Å². The van der Waals surface area contributed by atoms with Gasteiger partial charge in [-0.2, -0.15) is 0 Å². The lowest BCUT2D eigenvalue weighted by Gasteiger charge is -2.14. The minimum Gasteiger partial charge on any atom is -0.383 e. The zero-order valence-electron chi connectivity index (χ0n) is 6.67. The van der Waals surface area contributed by atoms with E-state index in [-0.39, 0.29) is 6.04 Å². The van der Waals surface area contributed by atoms with E-state index in [1.54, 1.807) is 7.11 Å². The molecular formula is C6H15N3O2. The molecule has 0 saturated carbocycles. The van der Waals surface area contributed by atoms with E-state index in [0.29, 0.717) is 19.6 Å². The Bertz CT molecular complexity index is 112. The Morgan fingerprint density at radius 1 is 1.73 bits per heavy atom. The van der Waals surface area contributed by atoms with Gasteiger partial charge < -0.3 is 21.5 Å². The highest BCUT2D eigenvalue weighted by Gasteiger charge is 2.07. The molecule has 0 aliphatic heterocycles. The molecule has 1 atom stereocenters. The van der Waals surface area contributed by atoms with Crippen LogP contribution in [-0.4, -0.2) is 32.3 Å². The molecule has 0 aromatic heterocycles. The van der Waals surface area contributed by atoms with Crippen molar-refractivity contribution in [2.45, 2.75) is 12.5 Å². The molecule has 5 N–H and O–H groups in total. The molecule has 5 heteroatoms. The Morgan fingerprint density at radius 3 is 2.73 bits per heavy atom. The molecule has 0 rings (SSSR count). The summed E-state index contributed by atoms with van der Waals surface area (Å²) in [5.41, 5.74) is 10.2. The molecule has 0 fully saturated rings. The van der Waals surface area contributed by atoms with Gasteiger partial charge in [0, 0.05) is 7.11 Å². The Morgan fingerprint density at radius 2 is 2.36 bits per heavy atom. The van der Waals surface area contributed by atoms with Crippen LogP contribution in [0.1, 0.15) is 6.42 Å². The van der Waals surface area contributed by atoms with Gasteiger partial charge in [-0.15, -0.1) is 0 Å². The quantitative estimate of drug-likeness (QED) is 0.484. The highest BCUT2D eigenvalue weighted by Crippen LogP contribution is 1.89. The number of carbonyl (C=O) groups is 1. The standard InChI is InChI=1S/C6H15N3O2/c1-11-4-5(2-3-7)9-6(8)10/h5H,2-4,7H2,1H3,(H3,8,9,10). The zero-order chi connectivity index (χ0) is 8.69. The van der Waals surface area contributed by atoms with E-state index in [4.69, 9.17) is 16.2 Å². The van der Waals surface area contributed by atoms with Gasteiger partial charge in [0.25, 0.3) is 0 Å². The minimum atomic E-state index is -0.541. The molecule has 0 aliphatic carbocycles. The first-order valence-corrected chi connectivity index (χ1v) is 3.45. The molecule has 0 spiro atoms. The third-order valence-electron chi connectivity index (χ3n) is 1.23. The average molecular weight is 161 g/mol. The molecule has 0 aliphatic rings. The van der Waals surface area contributed by atoms with Gasteiger partial charge >= 0.3 is 6.03 Å². The summed E-state index contributed by atoms with van der Waals surface area (Å²) in [5, 5.41) is 2.52. The Balaban J connectivity index is 3.59. The van der Waals surface area contributed by atoms with Crippen molar-refractivity contribution >= 4 is 6.03 Å². The topological polar surface area (TPSA) is 90.4 Å². The van der Waals surface area contributed by atoms with Gasteiger partial charge in [0.05, 0.1) is 12.6 Å². The van der Waals surface area contributed by atoms with E-state index in [9.17, 15) is 4.79 Å². The zero-order valence-corrected chi connectivity index (χ0v) is 6.67. The number of amides is 2. The van der Waals surface area contributed by atoms with Crippen molar-refractivity contribution in [1.29, 1.82) is 0 Å². The number of hydrogen-bond donors (Lipinski definition) is 3. The number of primary amides is 1. The lowest BCUT2D eigenvalue weighted by molar-refractivity contribution is 0.164. The lowest BCUT2D eigenvalue weighted by atomic mass is 10.2. The second kappa shape index (κ2) is 5.94. The van der Waals surface area contributed by atoms with Crippen LogP contribution in [0.25, 0.3) is 0 Å². The van der Waals surface area contributed by atoms with E-state index in [0.717, 1.165) is 0 Å².